The van der Waals surface area contributed by atoms with Gasteiger partial charge in [-0.2, -0.15) is 0 Å². The van der Waals surface area contributed by atoms with E-state index in [4.69, 9.17) is 46.4 Å². The molecule has 0 atom stereocenters. The van der Waals surface area contributed by atoms with E-state index < -0.39 is 0 Å². The van der Waals surface area contributed by atoms with E-state index in [9.17, 15) is 0 Å². The van der Waals surface area contributed by atoms with E-state index in [1.54, 1.807) is 18.2 Å². The van der Waals surface area contributed by atoms with Gasteiger partial charge in [0.15, 0.2) is 0 Å². The van der Waals surface area contributed by atoms with Crippen LogP contribution in [0.2, 0.25) is 20.1 Å². The van der Waals surface area contributed by atoms with E-state index in [2.05, 4.69) is 9.97 Å². The van der Waals surface area contributed by atoms with Gasteiger partial charge in [0.05, 0.1) is 15.7 Å². The average molecular weight is 386 g/mol. The zero-order chi connectivity index (χ0) is 16.6. The molecule has 0 aliphatic heterocycles. The Hall–Kier alpha value is -1.19. The van der Waals surface area contributed by atoms with E-state index in [-0.39, 0.29) is 0 Å². The van der Waals surface area contributed by atoms with Crippen molar-refractivity contribution in [2.24, 2.45) is 0 Å². The third-order valence-corrected chi connectivity index (χ3v) is 4.49. The van der Waals surface area contributed by atoms with Crippen LogP contribution in [0.4, 0.5) is 0 Å². The molecule has 0 amide bonds. The summed E-state index contributed by atoms with van der Waals surface area (Å²) in [5.41, 5.74) is 3.37. The van der Waals surface area contributed by atoms with Crippen molar-refractivity contribution in [3.63, 3.8) is 0 Å². The highest BCUT2D eigenvalue weighted by atomic mass is 35.5. The van der Waals surface area contributed by atoms with Gasteiger partial charge in [-0.3, -0.25) is 0 Å². The number of aromatic nitrogens is 2. The summed E-state index contributed by atoms with van der Waals surface area (Å²) in [6.45, 7) is 1.94. The van der Waals surface area contributed by atoms with Crippen molar-refractivity contribution in [3.05, 3.63) is 73.6 Å². The fraction of sp³-hybridized carbons (Fsp3) is 0.118. The molecular weight excluding hydrogens is 374 g/mol. The van der Waals surface area contributed by atoms with E-state index in [1.807, 2.05) is 25.1 Å². The molecule has 2 aromatic carbocycles. The first-order valence-electron chi connectivity index (χ1n) is 6.89. The van der Waals surface area contributed by atoms with E-state index in [1.165, 1.54) is 0 Å². The largest absolute Gasteiger partial charge is 0.345 e. The van der Waals surface area contributed by atoms with E-state index in [0.29, 0.717) is 26.5 Å². The number of hydrogen-bond acceptors (Lipinski definition) is 1. The summed E-state index contributed by atoms with van der Waals surface area (Å²) in [6, 6.07) is 10.8. The van der Waals surface area contributed by atoms with Crippen molar-refractivity contribution >= 4 is 46.4 Å². The molecule has 0 unspecified atom stereocenters. The van der Waals surface area contributed by atoms with Gasteiger partial charge in [0, 0.05) is 27.7 Å². The molecule has 1 N–H and O–H groups in total. The molecule has 0 spiro atoms. The fourth-order valence-electron chi connectivity index (χ4n) is 2.48. The SMILES string of the molecule is Cc1[nH]c(Cc2cc(Cl)cc(Cl)c2)nc1-c1c(Cl)cccc1Cl. The molecule has 0 aliphatic rings. The van der Waals surface area contributed by atoms with Crippen LogP contribution in [0.1, 0.15) is 17.1 Å². The van der Waals surface area contributed by atoms with Gasteiger partial charge in [0.1, 0.15) is 5.82 Å². The molecule has 3 aromatic rings. The molecule has 0 bridgehead atoms. The smallest absolute Gasteiger partial charge is 0.111 e. The van der Waals surface area contributed by atoms with Gasteiger partial charge in [0.25, 0.3) is 0 Å². The summed E-state index contributed by atoms with van der Waals surface area (Å²) in [4.78, 5) is 7.92. The van der Waals surface area contributed by atoms with Crippen LogP contribution in [0, 0.1) is 6.92 Å². The van der Waals surface area contributed by atoms with Crippen LogP contribution < -0.4 is 0 Å². The van der Waals surface area contributed by atoms with Crippen molar-refractivity contribution < 1.29 is 0 Å². The number of aryl methyl sites for hydroxylation is 1. The predicted molar refractivity (Wildman–Crippen MR) is 98.0 cm³/mol. The Labute approximate surface area is 154 Å². The Morgan fingerprint density at radius 2 is 1.57 bits per heavy atom. The molecule has 1 heterocycles. The Morgan fingerprint density at radius 3 is 2.17 bits per heavy atom. The Morgan fingerprint density at radius 1 is 0.957 bits per heavy atom. The third kappa shape index (κ3) is 3.67. The first-order chi connectivity index (χ1) is 10.9. The molecule has 2 nitrogen and oxygen atoms in total. The fourth-order valence-corrected chi connectivity index (χ4v) is 3.63. The summed E-state index contributed by atoms with van der Waals surface area (Å²) in [5.74, 6) is 0.798. The summed E-state index contributed by atoms with van der Waals surface area (Å²) >= 11 is 24.6. The molecule has 0 saturated heterocycles. The molecule has 3 rings (SSSR count). The molecule has 6 heteroatoms. The van der Waals surface area contributed by atoms with Crippen LogP contribution >= 0.6 is 46.4 Å². The lowest BCUT2D eigenvalue weighted by Crippen LogP contribution is -1.91. The average Bonchev–Trinajstić information content (AvgIpc) is 2.78. The summed E-state index contributed by atoms with van der Waals surface area (Å²) < 4.78 is 0. The second kappa shape index (κ2) is 6.74. The van der Waals surface area contributed by atoms with E-state index in [0.717, 1.165) is 28.3 Å². The first-order valence-corrected chi connectivity index (χ1v) is 8.40. The third-order valence-electron chi connectivity index (χ3n) is 3.43. The number of nitrogens with zero attached hydrogens (tertiary/aromatic N) is 1. The Kier molecular flexibility index (Phi) is 4.88. The van der Waals surface area contributed by atoms with Crippen molar-refractivity contribution in [1.29, 1.82) is 0 Å². The number of aromatic amines is 1. The number of imidazole rings is 1. The number of nitrogens with one attached hydrogen (secondary N) is 1. The zero-order valence-electron chi connectivity index (χ0n) is 12.1. The van der Waals surface area contributed by atoms with Gasteiger partial charge in [-0.25, -0.2) is 4.98 Å². The molecule has 0 radical (unpaired) electrons. The topological polar surface area (TPSA) is 28.7 Å². The maximum atomic E-state index is 6.27. The number of benzene rings is 2. The minimum atomic E-state index is 0.574. The molecular formula is C17H12Cl4N2. The molecule has 0 fully saturated rings. The van der Waals surface area contributed by atoms with Gasteiger partial charge < -0.3 is 4.98 Å². The van der Waals surface area contributed by atoms with Gasteiger partial charge in [-0.15, -0.1) is 0 Å². The minimum Gasteiger partial charge on any atom is -0.345 e. The highest BCUT2D eigenvalue weighted by Gasteiger charge is 2.15. The first kappa shape index (κ1) is 16.7. The summed E-state index contributed by atoms with van der Waals surface area (Å²) in [6.07, 6.45) is 0.586. The Bertz CT molecular complexity index is 831. The number of halogens is 4. The van der Waals surface area contributed by atoms with Gasteiger partial charge in [-0.1, -0.05) is 52.5 Å². The van der Waals surface area contributed by atoms with Crippen molar-refractivity contribution in [1.82, 2.24) is 9.97 Å². The monoisotopic (exact) mass is 384 g/mol. The van der Waals surface area contributed by atoms with Crippen LogP contribution in [0.25, 0.3) is 11.3 Å². The van der Waals surface area contributed by atoms with Gasteiger partial charge >= 0.3 is 0 Å². The zero-order valence-corrected chi connectivity index (χ0v) is 15.2. The van der Waals surface area contributed by atoms with Crippen LogP contribution in [0.5, 0.6) is 0 Å². The maximum absolute atomic E-state index is 6.27. The lowest BCUT2D eigenvalue weighted by atomic mass is 10.1. The lowest BCUT2D eigenvalue weighted by molar-refractivity contribution is 1.02. The van der Waals surface area contributed by atoms with Crippen LogP contribution in [-0.4, -0.2) is 9.97 Å². The summed E-state index contributed by atoms with van der Waals surface area (Å²) in [7, 11) is 0. The number of H-pyrrole nitrogens is 1. The quantitative estimate of drug-likeness (QED) is 0.541. The molecule has 118 valence electrons. The van der Waals surface area contributed by atoms with Gasteiger partial charge in [0.2, 0.25) is 0 Å². The van der Waals surface area contributed by atoms with Crippen molar-refractivity contribution in [3.8, 4) is 11.3 Å². The molecule has 1 aromatic heterocycles. The van der Waals surface area contributed by atoms with Crippen LogP contribution in [0.15, 0.2) is 36.4 Å². The predicted octanol–water partition coefficient (Wildman–Crippen LogP) is 6.59. The standard InChI is InChI=1S/C17H12Cl4N2/c1-9-17(16-13(20)3-2-4-14(16)21)23-15(22-9)7-10-5-11(18)8-12(19)6-10/h2-6,8H,7H2,1H3,(H,22,23). The second-order valence-electron chi connectivity index (χ2n) is 5.21. The molecule has 0 saturated carbocycles. The highest BCUT2D eigenvalue weighted by molar-refractivity contribution is 6.39. The van der Waals surface area contributed by atoms with E-state index >= 15 is 0 Å². The van der Waals surface area contributed by atoms with Crippen LogP contribution in [0.3, 0.4) is 0 Å². The highest BCUT2D eigenvalue weighted by Crippen LogP contribution is 2.35. The minimum absolute atomic E-state index is 0.574. The number of rotatable bonds is 3. The van der Waals surface area contributed by atoms with Crippen LogP contribution in [-0.2, 0) is 6.42 Å². The maximum Gasteiger partial charge on any atom is 0.111 e. The second-order valence-corrected chi connectivity index (χ2v) is 6.90. The molecule has 0 aliphatic carbocycles. The summed E-state index contributed by atoms with van der Waals surface area (Å²) in [5, 5.41) is 2.35. The molecule has 23 heavy (non-hydrogen) atoms. The normalized spacial score (nSPS) is 11.0. The number of hydrogen-bond donors (Lipinski definition) is 1. The van der Waals surface area contributed by atoms with Crippen molar-refractivity contribution in [2.45, 2.75) is 13.3 Å². The lowest BCUT2D eigenvalue weighted by Gasteiger charge is -2.04. The Balaban J connectivity index is 1.98. The van der Waals surface area contributed by atoms with Gasteiger partial charge in [-0.05, 0) is 42.8 Å². The van der Waals surface area contributed by atoms with Crippen molar-refractivity contribution in [2.75, 3.05) is 0 Å².